The minimum Gasteiger partial charge on any atom is -0.494 e. The molecule has 1 rings (SSSR count). The minimum absolute atomic E-state index is 0.241. The van der Waals surface area contributed by atoms with Crippen LogP contribution in [0.5, 0.6) is 5.75 Å². The van der Waals surface area contributed by atoms with E-state index in [4.69, 9.17) is 9.47 Å². The Balaban J connectivity index is 2.05. The molecule has 1 N–H and O–H groups in total. The molecule has 0 aliphatic heterocycles. The Bertz CT molecular complexity index is 290. The topological polar surface area (TPSA) is 30.5 Å². The fourth-order valence-corrected chi connectivity index (χ4v) is 1.48. The molecule has 0 saturated carbocycles. The van der Waals surface area contributed by atoms with E-state index in [0.29, 0.717) is 6.04 Å². The van der Waals surface area contributed by atoms with Gasteiger partial charge in [0.25, 0.3) is 0 Å². The van der Waals surface area contributed by atoms with Gasteiger partial charge in [-0.05, 0) is 38.9 Å². The molecule has 2 unspecified atom stereocenters. The maximum absolute atomic E-state index is 5.60. The van der Waals surface area contributed by atoms with Crippen LogP contribution in [0, 0.1) is 0 Å². The van der Waals surface area contributed by atoms with Crippen molar-refractivity contribution in [3.05, 3.63) is 30.3 Å². The van der Waals surface area contributed by atoms with E-state index in [9.17, 15) is 0 Å². The lowest BCUT2D eigenvalue weighted by atomic mass is 10.2. The molecule has 17 heavy (non-hydrogen) atoms. The highest BCUT2D eigenvalue weighted by Gasteiger charge is 2.09. The zero-order chi connectivity index (χ0) is 12.5. The molecule has 0 fully saturated rings. The molecule has 0 aromatic heterocycles. The largest absolute Gasteiger partial charge is 0.494 e. The van der Waals surface area contributed by atoms with Crippen LogP contribution in [0.4, 0.5) is 0 Å². The molecule has 0 radical (unpaired) electrons. The fraction of sp³-hybridized carbons (Fsp3) is 0.571. The third-order valence-corrected chi connectivity index (χ3v) is 2.88. The van der Waals surface area contributed by atoms with Gasteiger partial charge in [-0.15, -0.1) is 0 Å². The first kappa shape index (κ1) is 14.0. The molecule has 3 heteroatoms. The molecule has 0 aliphatic carbocycles. The lowest BCUT2D eigenvalue weighted by Gasteiger charge is -2.19. The molecular weight excluding hydrogens is 214 g/mol. The number of hydrogen-bond acceptors (Lipinski definition) is 3. The monoisotopic (exact) mass is 237 g/mol. The summed E-state index contributed by atoms with van der Waals surface area (Å²) in [4.78, 5) is 0. The van der Waals surface area contributed by atoms with Gasteiger partial charge in [0, 0.05) is 13.2 Å². The predicted molar refractivity (Wildman–Crippen MR) is 70.5 cm³/mol. The first-order chi connectivity index (χ1) is 8.24. The molecule has 0 amide bonds. The van der Waals surface area contributed by atoms with E-state index in [1.165, 1.54) is 0 Å². The van der Waals surface area contributed by atoms with E-state index < -0.39 is 0 Å². The van der Waals surface area contributed by atoms with Gasteiger partial charge >= 0.3 is 0 Å². The molecule has 96 valence electrons. The van der Waals surface area contributed by atoms with Crippen LogP contribution in [-0.2, 0) is 4.74 Å². The minimum atomic E-state index is 0.241. The average molecular weight is 237 g/mol. The van der Waals surface area contributed by atoms with Gasteiger partial charge in [-0.1, -0.05) is 18.2 Å². The van der Waals surface area contributed by atoms with Crippen molar-refractivity contribution in [3.63, 3.8) is 0 Å². The average Bonchev–Trinajstić information content (AvgIpc) is 2.38. The van der Waals surface area contributed by atoms with Gasteiger partial charge in [-0.25, -0.2) is 0 Å². The van der Waals surface area contributed by atoms with Crippen LogP contribution < -0.4 is 10.1 Å². The van der Waals surface area contributed by atoms with Crippen LogP contribution in [0.3, 0.4) is 0 Å². The SMILES string of the molecule is COC(C)C(C)NCCCOc1ccccc1. The van der Waals surface area contributed by atoms with E-state index in [-0.39, 0.29) is 6.10 Å². The van der Waals surface area contributed by atoms with Crippen molar-refractivity contribution in [1.82, 2.24) is 5.32 Å². The van der Waals surface area contributed by atoms with Crippen molar-refractivity contribution in [3.8, 4) is 5.75 Å². The van der Waals surface area contributed by atoms with Crippen LogP contribution in [0.15, 0.2) is 30.3 Å². The van der Waals surface area contributed by atoms with Gasteiger partial charge in [-0.3, -0.25) is 0 Å². The number of para-hydroxylation sites is 1. The second-order valence-corrected chi connectivity index (χ2v) is 4.20. The molecule has 1 aromatic carbocycles. The third-order valence-electron chi connectivity index (χ3n) is 2.88. The molecule has 0 heterocycles. The molecular formula is C14H23NO2. The Hall–Kier alpha value is -1.06. The quantitative estimate of drug-likeness (QED) is 0.705. The van der Waals surface area contributed by atoms with E-state index in [1.54, 1.807) is 7.11 Å². The normalized spacial score (nSPS) is 14.3. The lowest BCUT2D eigenvalue weighted by molar-refractivity contribution is 0.0883. The summed E-state index contributed by atoms with van der Waals surface area (Å²) < 4.78 is 10.8. The molecule has 1 aromatic rings. The van der Waals surface area contributed by atoms with Gasteiger partial charge in [0.15, 0.2) is 0 Å². The summed E-state index contributed by atoms with van der Waals surface area (Å²) in [5.41, 5.74) is 0. The summed E-state index contributed by atoms with van der Waals surface area (Å²) in [7, 11) is 1.74. The van der Waals surface area contributed by atoms with Crippen molar-refractivity contribution in [2.24, 2.45) is 0 Å². The molecule has 0 saturated heterocycles. The second kappa shape index (κ2) is 8.09. The predicted octanol–water partition coefficient (Wildman–Crippen LogP) is 2.47. The van der Waals surface area contributed by atoms with Gasteiger partial charge in [0.2, 0.25) is 0 Å². The Labute approximate surface area is 104 Å². The highest BCUT2D eigenvalue weighted by atomic mass is 16.5. The highest BCUT2D eigenvalue weighted by molar-refractivity contribution is 5.20. The maximum Gasteiger partial charge on any atom is 0.119 e. The second-order valence-electron chi connectivity index (χ2n) is 4.20. The smallest absolute Gasteiger partial charge is 0.119 e. The molecule has 0 bridgehead atoms. The summed E-state index contributed by atoms with van der Waals surface area (Å²) in [5, 5.41) is 3.41. The molecule has 3 nitrogen and oxygen atoms in total. The van der Waals surface area contributed by atoms with Crippen molar-refractivity contribution >= 4 is 0 Å². The fourth-order valence-electron chi connectivity index (χ4n) is 1.48. The van der Waals surface area contributed by atoms with Crippen LogP contribution in [0.1, 0.15) is 20.3 Å². The summed E-state index contributed by atoms with van der Waals surface area (Å²) in [5.74, 6) is 0.936. The summed E-state index contributed by atoms with van der Waals surface area (Å²) >= 11 is 0. The van der Waals surface area contributed by atoms with Gasteiger partial charge in [0.1, 0.15) is 5.75 Å². The van der Waals surface area contributed by atoms with Crippen molar-refractivity contribution in [1.29, 1.82) is 0 Å². The zero-order valence-electron chi connectivity index (χ0n) is 11.0. The third kappa shape index (κ3) is 5.71. The van der Waals surface area contributed by atoms with Gasteiger partial charge in [-0.2, -0.15) is 0 Å². The Morgan fingerprint density at radius 1 is 1.18 bits per heavy atom. The van der Waals surface area contributed by atoms with Crippen LogP contribution >= 0.6 is 0 Å². The van der Waals surface area contributed by atoms with Crippen molar-refractivity contribution < 1.29 is 9.47 Å². The van der Waals surface area contributed by atoms with Crippen LogP contribution in [-0.4, -0.2) is 32.4 Å². The number of ether oxygens (including phenoxy) is 2. The van der Waals surface area contributed by atoms with Crippen molar-refractivity contribution in [2.45, 2.75) is 32.4 Å². The van der Waals surface area contributed by atoms with E-state index in [2.05, 4.69) is 19.2 Å². The number of benzene rings is 1. The van der Waals surface area contributed by atoms with Gasteiger partial charge < -0.3 is 14.8 Å². The summed E-state index contributed by atoms with van der Waals surface area (Å²) in [6, 6.07) is 10.3. The number of hydrogen-bond donors (Lipinski definition) is 1. The Morgan fingerprint density at radius 3 is 2.53 bits per heavy atom. The first-order valence-electron chi connectivity index (χ1n) is 6.18. The van der Waals surface area contributed by atoms with Crippen molar-refractivity contribution in [2.75, 3.05) is 20.3 Å². The number of nitrogens with one attached hydrogen (secondary N) is 1. The Kier molecular flexibility index (Phi) is 6.67. The summed E-state index contributed by atoms with van der Waals surface area (Å²) in [6.45, 7) is 5.89. The van der Waals surface area contributed by atoms with Gasteiger partial charge in [0.05, 0.1) is 12.7 Å². The molecule has 2 atom stereocenters. The van der Waals surface area contributed by atoms with Crippen LogP contribution in [0.2, 0.25) is 0 Å². The Morgan fingerprint density at radius 2 is 1.88 bits per heavy atom. The van der Waals surface area contributed by atoms with Crippen LogP contribution in [0.25, 0.3) is 0 Å². The molecule has 0 spiro atoms. The zero-order valence-corrected chi connectivity index (χ0v) is 11.0. The van der Waals surface area contributed by atoms with E-state index in [0.717, 1.165) is 25.3 Å². The maximum atomic E-state index is 5.60. The van der Waals surface area contributed by atoms with E-state index >= 15 is 0 Å². The number of rotatable bonds is 8. The standard InChI is InChI=1S/C14H23NO2/c1-12(13(2)16-3)15-10-7-11-17-14-8-5-4-6-9-14/h4-6,8-9,12-13,15H,7,10-11H2,1-3H3. The lowest BCUT2D eigenvalue weighted by Crippen LogP contribution is -2.37. The number of methoxy groups -OCH3 is 1. The summed E-state index contributed by atoms with van der Waals surface area (Å²) in [6.07, 6.45) is 1.24. The highest BCUT2D eigenvalue weighted by Crippen LogP contribution is 2.08. The molecule has 0 aliphatic rings. The van der Waals surface area contributed by atoms with E-state index in [1.807, 2.05) is 30.3 Å². The first-order valence-corrected chi connectivity index (χ1v) is 6.18.